The van der Waals surface area contributed by atoms with Crippen molar-refractivity contribution in [3.63, 3.8) is 0 Å². The topological polar surface area (TPSA) is 124 Å². The first kappa shape index (κ1) is 25.2. The maximum atomic E-state index is 13.0. The molecule has 1 amide bonds. The van der Waals surface area contributed by atoms with Crippen molar-refractivity contribution in [2.45, 2.75) is 17.9 Å². The van der Waals surface area contributed by atoms with E-state index < -0.39 is 27.9 Å². The Labute approximate surface area is 202 Å². The van der Waals surface area contributed by atoms with Gasteiger partial charge in [-0.15, -0.1) is 0 Å². The van der Waals surface area contributed by atoms with Gasteiger partial charge in [-0.25, -0.2) is 13.2 Å². The average molecular weight is 504 g/mol. The molecule has 1 aromatic heterocycles. The zero-order chi connectivity index (χ0) is 24.6. The van der Waals surface area contributed by atoms with Gasteiger partial charge in [-0.3, -0.25) is 9.78 Å². The van der Waals surface area contributed by atoms with Crippen LogP contribution in [-0.2, 0) is 19.6 Å². The molecule has 0 aliphatic carbocycles. The molecule has 0 radical (unpaired) electrons. The van der Waals surface area contributed by atoms with E-state index in [0.29, 0.717) is 22.0 Å². The lowest BCUT2D eigenvalue weighted by molar-refractivity contribution is -0.118. The number of sulfonamides is 1. The zero-order valence-electron chi connectivity index (χ0n) is 18.1. The highest BCUT2D eigenvalue weighted by Crippen LogP contribution is 2.16. The summed E-state index contributed by atoms with van der Waals surface area (Å²) >= 11 is 5.84. The Morgan fingerprint density at radius 3 is 2.38 bits per heavy atom. The van der Waals surface area contributed by atoms with E-state index in [1.54, 1.807) is 25.3 Å². The van der Waals surface area contributed by atoms with E-state index in [9.17, 15) is 18.0 Å². The molecule has 0 fully saturated rings. The second-order valence-electron chi connectivity index (χ2n) is 6.91. The Bertz CT molecular complexity index is 1220. The predicted molar refractivity (Wildman–Crippen MR) is 126 cm³/mol. The fraction of sp³-hybridized carbons (Fsp3) is 0.174. The second-order valence-corrected chi connectivity index (χ2v) is 9.07. The Morgan fingerprint density at radius 2 is 1.76 bits per heavy atom. The van der Waals surface area contributed by atoms with Crippen LogP contribution in [0.2, 0.25) is 5.02 Å². The maximum Gasteiger partial charge on any atom is 0.338 e. The third kappa shape index (κ3) is 7.01. The number of halogens is 1. The lowest BCUT2D eigenvalue weighted by atomic mass is 10.2. The molecule has 2 N–H and O–H groups in total. The third-order valence-electron chi connectivity index (χ3n) is 4.45. The van der Waals surface area contributed by atoms with Crippen LogP contribution < -0.4 is 14.8 Å². The Balaban J connectivity index is 1.77. The lowest BCUT2D eigenvalue weighted by Gasteiger charge is -2.19. The van der Waals surface area contributed by atoms with Crippen molar-refractivity contribution in [2.75, 3.05) is 18.5 Å². The number of anilines is 1. The first-order chi connectivity index (χ1) is 16.3. The summed E-state index contributed by atoms with van der Waals surface area (Å²) in [5, 5.41) is 3.00. The van der Waals surface area contributed by atoms with Gasteiger partial charge in [0, 0.05) is 16.9 Å². The van der Waals surface area contributed by atoms with E-state index in [-0.39, 0.29) is 18.1 Å². The fourth-order valence-electron chi connectivity index (χ4n) is 2.78. The van der Waals surface area contributed by atoms with E-state index in [1.807, 2.05) is 0 Å². The molecule has 1 heterocycles. The summed E-state index contributed by atoms with van der Waals surface area (Å²) in [6, 6.07) is 13.5. The van der Waals surface area contributed by atoms with Crippen LogP contribution in [0.4, 0.5) is 5.69 Å². The van der Waals surface area contributed by atoms with Crippen molar-refractivity contribution in [1.82, 2.24) is 9.71 Å². The molecular formula is C23H22ClN3O6S. The van der Waals surface area contributed by atoms with Crippen LogP contribution in [0.25, 0.3) is 0 Å². The van der Waals surface area contributed by atoms with Crippen molar-refractivity contribution in [3.05, 3.63) is 83.6 Å². The summed E-state index contributed by atoms with van der Waals surface area (Å²) in [6.07, 6.45) is 3.00. The van der Waals surface area contributed by atoms with Crippen molar-refractivity contribution in [2.24, 2.45) is 0 Å². The number of carbonyl (C=O) groups excluding carboxylic acids is 2. The van der Waals surface area contributed by atoms with Gasteiger partial charge >= 0.3 is 5.97 Å². The molecule has 0 bridgehead atoms. The van der Waals surface area contributed by atoms with Crippen LogP contribution >= 0.6 is 11.6 Å². The van der Waals surface area contributed by atoms with Crippen LogP contribution in [0.15, 0.2) is 78.0 Å². The predicted octanol–water partition coefficient (Wildman–Crippen LogP) is 3.28. The van der Waals surface area contributed by atoms with Crippen molar-refractivity contribution >= 4 is 39.2 Å². The van der Waals surface area contributed by atoms with Crippen LogP contribution in [-0.4, -0.2) is 44.5 Å². The second kappa shape index (κ2) is 11.6. The molecular weight excluding hydrogens is 482 g/mol. The molecule has 0 saturated heterocycles. The van der Waals surface area contributed by atoms with Crippen LogP contribution in [0.5, 0.6) is 5.75 Å². The standard InChI is InChI=1S/C23H22ClN3O6S/c1-2-32-23(29)16-5-9-18(10-6-16)26-22(28)21(15-33-19-4-3-13-25-14-19)27-34(30,31)20-11-7-17(24)8-12-20/h3-14,21,27H,2,15H2,1H3,(H,26,28). The molecule has 0 aliphatic heterocycles. The first-order valence-corrected chi connectivity index (χ1v) is 12.0. The highest BCUT2D eigenvalue weighted by molar-refractivity contribution is 7.89. The molecule has 34 heavy (non-hydrogen) atoms. The van der Waals surface area contributed by atoms with E-state index in [0.717, 1.165) is 0 Å². The van der Waals surface area contributed by atoms with Crippen LogP contribution in [0.1, 0.15) is 17.3 Å². The third-order valence-corrected chi connectivity index (χ3v) is 6.19. The number of hydrogen-bond acceptors (Lipinski definition) is 7. The van der Waals surface area contributed by atoms with Gasteiger partial charge in [0.15, 0.2) is 0 Å². The molecule has 1 atom stereocenters. The Hall–Kier alpha value is -3.47. The fourth-order valence-corrected chi connectivity index (χ4v) is 4.08. The Morgan fingerprint density at radius 1 is 1.06 bits per heavy atom. The highest BCUT2D eigenvalue weighted by atomic mass is 35.5. The molecule has 0 saturated carbocycles. The van der Waals surface area contributed by atoms with Crippen molar-refractivity contribution in [1.29, 1.82) is 0 Å². The zero-order valence-corrected chi connectivity index (χ0v) is 19.7. The van der Waals surface area contributed by atoms with E-state index >= 15 is 0 Å². The van der Waals surface area contributed by atoms with Gasteiger partial charge in [0.1, 0.15) is 18.4 Å². The molecule has 0 spiro atoms. The molecule has 11 heteroatoms. The minimum absolute atomic E-state index is 0.0603. The quantitative estimate of drug-likeness (QED) is 0.407. The van der Waals surface area contributed by atoms with Crippen molar-refractivity contribution < 1.29 is 27.5 Å². The monoisotopic (exact) mass is 503 g/mol. The number of rotatable bonds is 10. The van der Waals surface area contributed by atoms with Crippen LogP contribution in [0.3, 0.4) is 0 Å². The number of benzene rings is 2. The normalized spacial score (nSPS) is 11.9. The van der Waals surface area contributed by atoms with Gasteiger partial charge in [0.05, 0.1) is 23.3 Å². The number of nitrogens with zero attached hydrogens (tertiary/aromatic N) is 1. The number of pyridine rings is 1. The largest absolute Gasteiger partial charge is 0.490 e. The summed E-state index contributed by atoms with van der Waals surface area (Å²) < 4.78 is 38.6. The summed E-state index contributed by atoms with van der Waals surface area (Å²) in [7, 11) is -4.07. The number of ether oxygens (including phenoxy) is 2. The molecule has 0 aliphatic rings. The minimum Gasteiger partial charge on any atom is -0.490 e. The summed E-state index contributed by atoms with van der Waals surface area (Å²) in [6.45, 7) is 1.64. The number of esters is 1. The molecule has 178 valence electrons. The average Bonchev–Trinajstić information content (AvgIpc) is 2.83. The molecule has 2 aromatic carbocycles. The molecule has 3 rings (SSSR count). The number of hydrogen-bond donors (Lipinski definition) is 2. The van der Waals surface area contributed by atoms with Gasteiger partial charge in [0.25, 0.3) is 0 Å². The SMILES string of the molecule is CCOC(=O)c1ccc(NC(=O)C(COc2cccnc2)NS(=O)(=O)c2ccc(Cl)cc2)cc1. The van der Waals surface area contributed by atoms with E-state index in [4.69, 9.17) is 21.1 Å². The minimum atomic E-state index is -4.07. The summed E-state index contributed by atoms with van der Waals surface area (Å²) in [4.78, 5) is 28.6. The number of nitrogens with one attached hydrogen (secondary N) is 2. The van der Waals surface area contributed by atoms with Gasteiger partial charge < -0.3 is 14.8 Å². The van der Waals surface area contributed by atoms with Crippen LogP contribution in [0, 0.1) is 0 Å². The number of aromatic nitrogens is 1. The summed E-state index contributed by atoms with van der Waals surface area (Å²) in [5.74, 6) is -0.783. The molecule has 3 aromatic rings. The number of amides is 1. The molecule has 1 unspecified atom stereocenters. The van der Waals surface area contributed by atoms with Gasteiger partial charge in [-0.1, -0.05) is 11.6 Å². The smallest absolute Gasteiger partial charge is 0.338 e. The highest BCUT2D eigenvalue weighted by Gasteiger charge is 2.27. The lowest BCUT2D eigenvalue weighted by Crippen LogP contribution is -2.47. The van der Waals surface area contributed by atoms with Crippen molar-refractivity contribution in [3.8, 4) is 5.75 Å². The molecule has 9 nitrogen and oxygen atoms in total. The van der Waals surface area contributed by atoms with E-state index in [2.05, 4.69) is 15.0 Å². The van der Waals surface area contributed by atoms with Gasteiger partial charge in [0.2, 0.25) is 15.9 Å². The number of carbonyl (C=O) groups is 2. The maximum absolute atomic E-state index is 13.0. The van der Waals surface area contributed by atoms with E-state index in [1.165, 1.54) is 54.7 Å². The Kier molecular flexibility index (Phi) is 8.58. The van der Waals surface area contributed by atoms with Gasteiger partial charge in [-0.05, 0) is 67.6 Å². The first-order valence-electron chi connectivity index (χ1n) is 10.2. The van der Waals surface area contributed by atoms with Gasteiger partial charge in [-0.2, -0.15) is 4.72 Å². The summed E-state index contributed by atoms with van der Waals surface area (Å²) in [5.41, 5.74) is 0.676.